The number of aromatic hydroxyl groups is 1. The van der Waals surface area contributed by atoms with Gasteiger partial charge in [0.05, 0.1) is 0 Å². The van der Waals surface area contributed by atoms with Crippen LogP contribution in [0.25, 0.3) is 0 Å². The Morgan fingerprint density at radius 1 is 0.838 bits per heavy atom. The molecule has 202 valence electrons. The quantitative estimate of drug-likeness (QED) is 0.310. The molecule has 0 aliphatic heterocycles. The summed E-state index contributed by atoms with van der Waals surface area (Å²) in [6.07, 6.45) is 10.3. The van der Waals surface area contributed by atoms with E-state index in [1.165, 1.54) is 49.7 Å². The Morgan fingerprint density at radius 2 is 1.38 bits per heavy atom. The van der Waals surface area contributed by atoms with Crippen molar-refractivity contribution in [1.82, 2.24) is 0 Å². The van der Waals surface area contributed by atoms with Crippen LogP contribution in [0.4, 0.5) is 0 Å². The van der Waals surface area contributed by atoms with Gasteiger partial charge >= 0.3 is 0 Å². The van der Waals surface area contributed by atoms with Crippen LogP contribution in [0.15, 0.2) is 48.5 Å². The van der Waals surface area contributed by atoms with Gasteiger partial charge in [-0.3, -0.25) is 0 Å². The van der Waals surface area contributed by atoms with Crippen LogP contribution in [0, 0.1) is 35.0 Å². The minimum absolute atomic E-state index is 0.131. The molecular formula is C34H48O3. The summed E-state index contributed by atoms with van der Waals surface area (Å²) in [6.45, 7) is 9.44. The van der Waals surface area contributed by atoms with Gasteiger partial charge in [-0.15, -0.1) is 0 Å². The third-order valence-corrected chi connectivity index (χ3v) is 10.5. The monoisotopic (exact) mass is 504 g/mol. The highest BCUT2D eigenvalue weighted by Crippen LogP contribution is 2.61. The Balaban J connectivity index is 1.22. The number of hydrogen-bond donors (Lipinski definition) is 1. The third-order valence-electron chi connectivity index (χ3n) is 10.5. The lowest BCUT2D eigenvalue weighted by Crippen LogP contribution is -2.53. The lowest BCUT2D eigenvalue weighted by Gasteiger charge is -2.58. The molecule has 0 saturated heterocycles. The van der Waals surface area contributed by atoms with Crippen LogP contribution < -0.4 is 4.74 Å². The Bertz CT molecular complexity index is 975. The highest BCUT2D eigenvalue weighted by atomic mass is 16.7. The van der Waals surface area contributed by atoms with Crippen molar-refractivity contribution < 1.29 is 14.6 Å². The van der Waals surface area contributed by atoms with E-state index in [0.29, 0.717) is 29.4 Å². The van der Waals surface area contributed by atoms with Gasteiger partial charge < -0.3 is 14.6 Å². The number of phenolic OH excluding ortho intramolecular Hbond substituents is 1. The van der Waals surface area contributed by atoms with Gasteiger partial charge in [0, 0.05) is 12.5 Å². The smallest absolute Gasteiger partial charge is 0.205 e. The average Bonchev–Trinajstić information content (AvgIpc) is 2.88. The lowest BCUT2D eigenvalue weighted by atomic mass is 9.49. The van der Waals surface area contributed by atoms with Gasteiger partial charge in [0.25, 0.3) is 0 Å². The number of rotatable bonds is 11. The van der Waals surface area contributed by atoms with E-state index in [0.717, 1.165) is 36.3 Å². The van der Waals surface area contributed by atoms with E-state index in [1.807, 2.05) is 7.11 Å². The van der Waals surface area contributed by atoms with Gasteiger partial charge in [0.2, 0.25) is 6.29 Å². The number of benzene rings is 2. The second-order valence-corrected chi connectivity index (χ2v) is 13.1. The van der Waals surface area contributed by atoms with Crippen LogP contribution in [0.1, 0.15) is 102 Å². The summed E-state index contributed by atoms with van der Waals surface area (Å²) in [7, 11) is 1.84. The van der Waals surface area contributed by atoms with Crippen molar-refractivity contribution in [2.75, 3.05) is 7.11 Å². The van der Waals surface area contributed by atoms with Crippen LogP contribution in [0.5, 0.6) is 11.5 Å². The molecule has 0 aromatic heterocycles. The Morgan fingerprint density at radius 3 is 1.89 bits per heavy atom. The molecule has 0 spiro atoms. The Kier molecular flexibility index (Phi) is 7.91. The topological polar surface area (TPSA) is 38.7 Å². The standard InChI is InChI=1S/C34H48O3/c1-6-32(24(4)22(2)15-23(3)28-7-11-30(35)12-8-28)29-9-13-31(14-10-29)37-33(36-5)34-19-25-16-26(20-34)18-27(17-25)21-34/h7-14,22-27,32-33,35H,6,15-21H2,1-5H3. The maximum Gasteiger partial charge on any atom is 0.205 e. The number of hydrogen-bond acceptors (Lipinski definition) is 3. The highest BCUT2D eigenvalue weighted by Gasteiger charge is 2.55. The molecule has 2 aromatic carbocycles. The van der Waals surface area contributed by atoms with E-state index in [-0.39, 0.29) is 11.7 Å². The van der Waals surface area contributed by atoms with Gasteiger partial charge in [-0.25, -0.2) is 0 Å². The normalized spacial score (nSPS) is 30.5. The van der Waals surface area contributed by atoms with Crippen molar-refractivity contribution in [3.8, 4) is 11.5 Å². The van der Waals surface area contributed by atoms with Gasteiger partial charge in [0.1, 0.15) is 11.5 Å². The minimum Gasteiger partial charge on any atom is -0.508 e. The van der Waals surface area contributed by atoms with Crippen LogP contribution in [0.2, 0.25) is 0 Å². The molecule has 4 saturated carbocycles. The molecule has 37 heavy (non-hydrogen) atoms. The molecule has 4 fully saturated rings. The third kappa shape index (κ3) is 5.58. The first kappa shape index (κ1) is 26.6. The first-order valence-electron chi connectivity index (χ1n) is 14.9. The largest absolute Gasteiger partial charge is 0.508 e. The van der Waals surface area contributed by atoms with E-state index < -0.39 is 0 Å². The summed E-state index contributed by atoms with van der Waals surface area (Å²) < 4.78 is 12.6. The molecular weight excluding hydrogens is 456 g/mol. The summed E-state index contributed by atoms with van der Waals surface area (Å²) >= 11 is 0. The molecule has 0 radical (unpaired) electrons. The van der Waals surface area contributed by atoms with Crippen molar-refractivity contribution in [1.29, 1.82) is 0 Å². The van der Waals surface area contributed by atoms with Gasteiger partial charge in [-0.05, 0) is 128 Å². The number of ether oxygens (including phenoxy) is 2. The Labute approximate surface area is 225 Å². The minimum atomic E-state index is -0.131. The SMILES string of the molecule is CCC(c1ccc(OC(OC)C23CC4CC(CC(C4)C2)C3)cc1)C(C)C(C)CC(C)c1ccc(O)cc1. The summed E-state index contributed by atoms with van der Waals surface area (Å²) in [6, 6.07) is 16.7. The van der Waals surface area contributed by atoms with Crippen molar-refractivity contribution in [2.24, 2.45) is 35.0 Å². The molecule has 3 heteroatoms. The maximum atomic E-state index is 9.62. The van der Waals surface area contributed by atoms with E-state index >= 15 is 0 Å². The zero-order chi connectivity index (χ0) is 26.2. The molecule has 3 nitrogen and oxygen atoms in total. The molecule has 4 bridgehead atoms. The van der Waals surface area contributed by atoms with E-state index in [1.54, 1.807) is 12.1 Å². The molecule has 1 N–H and O–H groups in total. The summed E-state index contributed by atoms with van der Waals surface area (Å²) in [5.41, 5.74) is 2.93. The molecule has 2 aromatic rings. The van der Waals surface area contributed by atoms with Crippen LogP contribution >= 0.6 is 0 Å². The van der Waals surface area contributed by atoms with Crippen LogP contribution in [0.3, 0.4) is 0 Å². The average molecular weight is 505 g/mol. The number of phenols is 1. The molecule has 0 amide bonds. The molecule has 0 heterocycles. The first-order chi connectivity index (χ1) is 17.8. The molecule has 5 atom stereocenters. The fraction of sp³-hybridized carbons (Fsp3) is 0.647. The van der Waals surface area contributed by atoms with Crippen LogP contribution in [-0.4, -0.2) is 18.5 Å². The van der Waals surface area contributed by atoms with E-state index in [2.05, 4.69) is 64.1 Å². The highest BCUT2D eigenvalue weighted by molar-refractivity contribution is 5.31. The van der Waals surface area contributed by atoms with Crippen molar-refractivity contribution in [2.45, 2.75) is 97.2 Å². The molecule has 6 rings (SSSR count). The number of methoxy groups -OCH3 is 1. The van der Waals surface area contributed by atoms with Crippen molar-refractivity contribution in [3.63, 3.8) is 0 Å². The molecule has 4 aliphatic carbocycles. The maximum absolute atomic E-state index is 9.62. The lowest BCUT2D eigenvalue weighted by molar-refractivity contribution is -0.204. The summed E-state index contributed by atoms with van der Waals surface area (Å²) in [4.78, 5) is 0. The first-order valence-corrected chi connectivity index (χ1v) is 14.9. The predicted molar refractivity (Wildman–Crippen MR) is 151 cm³/mol. The van der Waals surface area contributed by atoms with Gasteiger partial charge in [0.15, 0.2) is 0 Å². The summed E-state index contributed by atoms with van der Waals surface area (Å²) in [5, 5.41) is 9.62. The Hall–Kier alpha value is -2.00. The summed E-state index contributed by atoms with van der Waals surface area (Å²) in [5.74, 6) is 6.13. The fourth-order valence-electron chi connectivity index (χ4n) is 8.83. The van der Waals surface area contributed by atoms with Crippen molar-refractivity contribution in [3.05, 3.63) is 59.7 Å². The fourth-order valence-corrected chi connectivity index (χ4v) is 8.83. The van der Waals surface area contributed by atoms with Crippen molar-refractivity contribution >= 4 is 0 Å². The zero-order valence-electron chi connectivity index (χ0n) is 23.7. The van der Waals surface area contributed by atoms with Gasteiger partial charge in [-0.1, -0.05) is 52.0 Å². The second kappa shape index (κ2) is 11.0. The van der Waals surface area contributed by atoms with E-state index in [9.17, 15) is 5.11 Å². The second-order valence-electron chi connectivity index (χ2n) is 13.1. The van der Waals surface area contributed by atoms with E-state index in [4.69, 9.17) is 9.47 Å². The van der Waals surface area contributed by atoms with Crippen LogP contribution in [-0.2, 0) is 4.74 Å². The molecule has 4 aliphatic rings. The predicted octanol–water partition coefficient (Wildman–Crippen LogP) is 8.92. The van der Waals surface area contributed by atoms with Gasteiger partial charge in [-0.2, -0.15) is 0 Å². The molecule has 5 unspecified atom stereocenters. The zero-order valence-corrected chi connectivity index (χ0v) is 23.7.